The van der Waals surface area contributed by atoms with E-state index < -0.39 is 36.0 Å². The zero-order valence-corrected chi connectivity index (χ0v) is 11.5. The molecule has 1 N–H and O–H groups in total. The topological polar surface area (TPSA) is 33.1 Å². The summed E-state index contributed by atoms with van der Waals surface area (Å²) >= 11 is 0. The Bertz CT molecular complexity index is 682. The first-order valence-electron chi connectivity index (χ1n) is 6.30. The van der Waals surface area contributed by atoms with Crippen LogP contribution < -0.4 is 0 Å². The Balaban J connectivity index is 2.52. The van der Waals surface area contributed by atoms with Gasteiger partial charge in [-0.2, -0.15) is 8.78 Å². The van der Waals surface area contributed by atoms with Crippen molar-refractivity contribution in [1.29, 1.82) is 0 Å². The number of halogens is 5. The minimum atomic E-state index is -3.24. The fraction of sp³-hybridized carbons (Fsp3) is 0.267. The van der Waals surface area contributed by atoms with Crippen LogP contribution in [0.3, 0.4) is 0 Å². The Labute approximate surface area is 123 Å². The quantitative estimate of drug-likeness (QED) is 0.846. The number of alkyl halides is 4. The smallest absolute Gasteiger partial charge is 0.287 e. The van der Waals surface area contributed by atoms with Crippen LogP contribution in [0.25, 0.3) is 11.1 Å². The van der Waals surface area contributed by atoms with Gasteiger partial charge in [-0.15, -0.1) is 0 Å². The number of aromatic nitrogens is 1. The molecule has 1 aromatic heterocycles. The molecule has 0 bridgehead atoms. The van der Waals surface area contributed by atoms with E-state index in [0.29, 0.717) is 6.92 Å². The van der Waals surface area contributed by atoms with Gasteiger partial charge in [0.1, 0.15) is 11.5 Å². The fourth-order valence-corrected chi connectivity index (χ4v) is 2.07. The van der Waals surface area contributed by atoms with Crippen molar-refractivity contribution in [2.24, 2.45) is 0 Å². The number of hydrogen-bond acceptors (Lipinski definition) is 2. The third-order valence-electron chi connectivity index (χ3n) is 3.12. The standard InChI is InChI=1S/C15H12F5NO/c1-15(19,20)13-10(7-22)4-9(6-21-13)8-2-3-12(16)11(5-8)14(17)18/h2-6,14,22H,7H2,1H3. The molecule has 0 fully saturated rings. The number of pyridine rings is 1. The summed E-state index contributed by atoms with van der Waals surface area (Å²) in [6.45, 7) is -0.0382. The number of aliphatic hydroxyl groups excluding tert-OH is 1. The van der Waals surface area contributed by atoms with Gasteiger partial charge >= 0.3 is 0 Å². The molecule has 7 heteroatoms. The van der Waals surface area contributed by atoms with Gasteiger partial charge in [0.25, 0.3) is 12.3 Å². The normalized spacial score (nSPS) is 12.0. The van der Waals surface area contributed by atoms with Gasteiger partial charge in [0.15, 0.2) is 0 Å². The van der Waals surface area contributed by atoms with Crippen LogP contribution in [0.1, 0.15) is 30.2 Å². The van der Waals surface area contributed by atoms with Gasteiger partial charge in [0.05, 0.1) is 12.2 Å². The molecule has 2 rings (SSSR count). The van der Waals surface area contributed by atoms with Crippen molar-refractivity contribution < 1.29 is 27.1 Å². The van der Waals surface area contributed by atoms with Crippen molar-refractivity contribution in [2.45, 2.75) is 25.9 Å². The van der Waals surface area contributed by atoms with E-state index in [-0.39, 0.29) is 16.7 Å². The summed E-state index contributed by atoms with van der Waals surface area (Å²) in [6.07, 6.45) is -1.92. The van der Waals surface area contributed by atoms with Gasteiger partial charge in [-0.05, 0) is 23.8 Å². The SMILES string of the molecule is CC(F)(F)c1ncc(-c2ccc(F)c(C(F)F)c2)cc1CO. The molecule has 0 aliphatic carbocycles. The summed E-state index contributed by atoms with van der Waals surface area (Å²) in [4.78, 5) is 3.60. The average Bonchev–Trinajstić information content (AvgIpc) is 2.45. The average molecular weight is 317 g/mol. The van der Waals surface area contributed by atoms with Crippen LogP contribution >= 0.6 is 0 Å². The monoisotopic (exact) mass is 317 g/mol. The van der Waals surface area contributed by atoms with Gasteiger partial charge in [-0.3, -0.25) is 4.98 Å². The molecule has 118 valence electrons. The number of benzene rings is 1. The molecular formula is C15H12F5NO. The maximum atomic E-state index is 13.3. The highest BCUT2D eigenvalue weighted by molar-refractivity contribution is 5.64. The predicted octanol–water partition coefficient (Wildman–Crippen LogP) is 4.43. The Kier molecular flexibility index (Phi) is 4.46. The van der Waals surface area contributed by atoms with E-state index in [9.17, 15) is 27.1 Å². The Morgan fingerprint density at radius 1 is 1.18 bits per heavy atom. The van der Waals surface area contributed by atoms with Crippen LogP contribution in [0.15, 0.2) is 30.5 Å². The van der Waals surface area contributed by atoms with Gasteiger partial charge in [0.2, 0.25) is 0 Å². The van der Waals surface area contributed by atoms with E-state index in [0.717, 1.165) is 18.3 Å². The lowest BCUT2D eigenvalue weighted by molar-refractivity contribution is 0.0105. The van der Waals surface area contributed by atoms with Crippen molar-refractivity contribution in [3.05, 3.63) is 53.1 Å². The molecule has 2 aromatic rings. The second kappa shape index (κ2) is 6.00. The summed E-state index contributed by atoms with van der Waals surface area (Å²) in [5, 5.41) is 9.19. The summed E-state index contributed by atoms with van der Waals surface area (Å²) in [5.74, 6) is -4.29. The van der Waals surface area contributed by atoms with Gasteiger partial charge in [-0.25, -0.2) is 13.2 Å². The first-order chi connectivity index (χ1) is 10.2. The summed E-state index contributed by atoms with van der Waals surface area (Å²) < 4.78 is 65.3. The molecule has 2 nitrogen and oxygen atoms in total. The lowest BCUT2D eigenvalue weighted by Crippen LogP contribution is -2.13. The van der Waals surface area contributed by atoms with Gasteiger partial charge in [0, 0.05) is 24.2 Å². The number of hydrogen-bond donors (Lipinski definition) is 1. The molecule has 1 aromatic carbocycles. The van der Waals surface area contributed by atoms with Crippen molar-refractivity contribution >= 4 is 0 Å². The van der Waals surface area contributed by atoms with E-state index in [1.54, 1.807) is 0 Å². The fourth-order valence-electron chi connectivity index (χ4n) is 2.07. The van der Waals surface area contributed by atoms with E-state index in [1.165, 1.54) is 12.1 Å². The van der Waals surface area contributed by atoms with Crippen LogP contribution in [0.4, 0.5) is 22.0 Å². The number of nitrogens with zero attached hydrogens (tertiary/aromatic N) is 1. The van der Waals surface area contributed by atoms with E-state index in [1.807, 2.05) is 0 Å². The predicted molar refractivity (Wildman–Crippen MR) is 70.1 cm³/mol. The van der Waals surface area contributed by atoms with E-state index in [4.69, 9.17) is 0 Å². The molecule has 0 radical (unpaired) electrons. The maximum absolute atomic E-state index is 13.3. The van der Waals surface area contributed by atoms with E-state index in [2.05, 4.69) is 4.98 Å². The molecule has 1 heterocycles. The molecule has 0 spiro atoms. The van der Waals surface area contributed by atoms with Crippen LogP contribution in [0.5, 0.6) is 0 Å². The lowest BCUT2D eigenvalue weighted by Gasteiger charge is -2.15. The van der Waals surface area contributed by atoms with Crippen LogP contribution in [-0.4, -0.2) is 10.1 Å². The maximum Gasteiger partial charge on any atom is 0.287 e. The largest absolute Gasteiger partial charge is 0.392 e. The third-order valence-corrected chi connectivity index (χ3v) is 3.12. The minimum absolute atomic E-state index is 0.118. The Morgan fingerprint density at radius 3 is 2.41 bits per heavy atom. The summed E-state index contributed by atoms with van der Waals surface area (Å²) in [5.41, 5.74) is -1.06. The zero-order valence-electron chi connectivity index (χ0n) is 11.5. The highest BCUT2D eigenvalue weighted by atomic mass is 19.3. The van der Waals surface area contributed by atoms with Crippen molar-refractivity contribution in [3.8, 4) is 11.1 Å². The zero-order chi connectivity index (χ0) is 16.5. The molecule has 0 atom stereocenters. The first kappa shape index (κ1) is 16.4. The second-order valence-electron chi connectivity index (χ2n) is 4.82. The second-order valence-corrected chi connectivity index (χ2v) is 4.82. The molecule has 22 heavy (non-hydrogen) atoms. The molecule has 0 aliphatic rings. The highest BCUT2D eigenvalue weighted by Gasteiger charge is 2.29. The summed E-state index contributed by atoms with van der Waals surface area (Å²) in [7, 11) is 0. The van der Waals surface area contributed by atoms with Crippen molar-refractivity contribution in [2.75, 3.05) is 0 Å². The number of rotatable bonds is 4. The lowest BCUT2D eigenvalue weighted by atomic mass is 10.0. The Morgan fingerprint density at radius 2 is 1.86 bits per heavy atom. The first-order valence-corrected chi connectivity index (χ1v) is 6.30. The molecule has 0 amide bonds. The molecule has 0 saturated heterocycles. The molecular weight excluding hydrogens is 305 g/mol. The Hall–Kier alpha value is -2.02. The third kappa shape index (κ3) is 3.24. The van der Waals surface area contributed by atoms with Gasteiger partial charge < -0.3 is 5.11 Å². The summed E-state index contributed by atoms with van der Waals surface area (Å²) in [6, 6.07) is 4.27. The van der Waals surface area contributed by atoms with Crippen LogP contribution in [0.2, 0.25) is 0 Å². The van der Waals surface area contributed by atoms with Crippen molar-refractivity contribution in [3.63, 3.8) is 0 Å². The molecule has 0 saturated carbocycles. The van der Waals surface area contributed by atoms with Crippen LogP contribution in [0, 0.1) is 5.82 Å². The number of aliphatic hydroxyl groups is 1. The van der Waals surface area contributed by atoms with Crippen LogP contribution in [-0.2, 0) is 12.5 Å². The van der Waals surface area contributed by atoms with Gasteiger partial charge in [-0.1, -0.05) is 6.07 Å². The highest BCUT2D eigenvalue weighted by Crippen LogP contribution is 2.32. The van der Waals surface area contributed by atoms with E-state index >= 15 is 0 Å². The van der Waals surface area contributed by atoms with Crippen molar-refractivity contribution in [1.82, 2.24) is 4.98 Å². The minimum Gasteiger partial charge on any atom is -0.392 e. The molecule has 0 unspecified atom stereocenters. The molecule has 0 aliphatic heterocycles.